The molecule has 0 radical (unpaired) electrons. The first-order valence-corrected chi connectivity index (χ1v) is 9.84. The number of rotatable bonds is 5. The van der Waals surface area contributed by atoms with Crippen molar-refractivity contribution in [2.45, 2.75) is 12.8 Å². The van der Waals surface area contributed by atoms with Gasteiger partial charge in [-0.15, -0.1) is 0 Å². The summed E-state index contributed by atoms with van der Waals surface area (Å²) >= 11 is 12.3. The minimum absolute atomic E-state index is 0.546. The predicted molar refractivity (Wildman–Crippen MR) is 116 cm³/mol. The second-order valence-electron chi connectivity index (χ2n) is 6.55. The van der Waals surface area contributed by atoms with Gasteiger partial charge >= 0.3 is 0 Å². The zero-order valence-electron chi connectivity index (χ0n) is 15.4. The van der Waals surface area contributed by atoms with Crippen LogP contribution in [-0.4, -0.2) is 15.0 Å². The third-order valence-electron chi connectivity index (χ3n) is 4.60. The van der Waals surface area contributed by atoms with E-state index in [1.807, 2.05) is 48.5 Å². The van der Waals surface area contributed by atoms with Crippen LogP contribution in [0.2, 0.25) is 10.0 Å². The van der Waals surface area contributed by atoms with Gasteiger partial charge in [0.25, 0.3) is 0 Å². The number of nitrogens with one attached hydrogen (secondary N) is 1. The van der Waals surface area contributed by atoms with E-state index in [2.05, 4.69) is 16.0 Å². The third kappa shape index (κ3) is 4.32. The maximum Gasteiger partial charge on any atom is 0.107 e. The highest BCUT2D eigenvalue weighted by atomic mass is 35.5. The van der Waals surface area contributed by atoms with Gasteiger partial charge in [-0.3, -0.25) is 4.98 Å². The number of benzene rings is 2. The number of H-pyrrole nitrogens is 1. The van der Waals surface area contributed by atoms with Crippen LogP contribution in [0, 0.1) is 11.3 Å². The SMILES string of the molecule is N#Cc1ccnc(-c2[nH]c(CCc3ccccc3Cl)nc2-c2ccc(Cl)cc2)c1. The van der Waals surface area contributed by atoms with E-state index in [0.717, 1.165) is 39.8 Å². The predicted octanol–water partition coefficient (Wildman–Crippen LogP) is 6.10. The summed E-state index contributed by atoms with van der Waals surface area (Å²) in [6.07, 6.45) is 3.09. The van der Waals surface area contributed by atoms with Gasteiger partial charge in [-0.25, -0.2) is 4.98 Å². The number of hydrogen-bond donors (Lipinski definition) is 1. The molecule has 0 amide bonds. The summed E-state index contributed by atoms with van der Waals surface area (Å²) in [4.78, 5) is 12.7. The van der Waals surface area contributed by atoms with Gasteiger partial charge in [0.2, 0.25) is 0 Å². The lowest BCUT2D eigenvalue weighted by molar-refractivity contribution is 0.885. The van der Waals surface area contributed by atoms with Crippen molar-refractivity contribution in [3.63, 3.8) is 0 Å². The molecule has 2 aromatic heterocycles. The van der Waals surface area contributed by atoms with Gasteiger partial charge < -0.3 is 4.98 Å². The number of aromatic amines is 1. The molecule has 2 heterocycles. The van der Waals surface area contributed by atoms with Crippen molar-refractivity contribution >= 4 is 23.2 Å². The Morgan fingerprint density at radius 1 is 0.966 bits per heavy atom. The first kappa shape index (κ1) is 19.2. The molecule has 4 nitrogen and oxygen atoms in total. The topological polar surface area (TPSA) is 65.4 Å². The lowest BCUT2D eigenvalue weighted by Crippen LogP contribution is -1.94. The summed E-state index contributed by atoms with van der Waals surface area (Å²) in [5, 5.41) is 10.6. The highest BCUT2D eigenvalue weighted by molar-refractivity contribution is 6.31. The van der Waals surface area contributed by atoms with Crippen LogP contribution in [0.25, 0.3) is 22.6 Å². The van der Waals surface area contributed by atoms with E-state index >= 15 is 0 Å². The molecule has 0 unspecified atom stereocenters. The lowest BCUT2D eigenvalue weighted by Gasteiger charge is -2.03. The summed E-state index contributed by atoms with van der Waals surface area (Å²) in [7, 11) is 0. The molecule has 0 fully saturated rings. The van der Waals surface area contributed by atoms with Crippen molar-refractivity contribution in [2.24, 2.45) is 0 Å². The van der Waals surface area contributed by atoms with Crippen LogP contribution in [-0.2, 0) is 12.8 Å². The quantitative estimate of drug-likeness (QED) is 0.425. The van der Waals surface area contributed by atoms with Crippen LogP contribution in [0.1, 0.15) is 17.0 Å². The van der Waals surface area contributed by atoms with Gasteiger partial charge in [0.05, 0.1) is 28.7 Å². The molecule has 0 saturated carbocycles. The van der Waals surface area contributed by atoms with Crippen LogP contribution in [0.3, 0.4) is 0 Å². The van der Waals surface area contributed by atoms with Crippen LogP contribution in [0.4, 0.5) is 0 Å². The number of imidazole rings is 1. The first-order chi connectivity index (χ1) is 14.1. The van der Waals surface area contributed by atoms with E-state index in [1.54, 1.807) is 18.3 Å². The Hall–Kier alpha value is -3.13. The van der Waals surface area contributed by atoms with Gasteiger partial charge in [0.1, 0.15) is 5.82 Å². The highest BCUT2D eigenvalue weighted by Gasteiger charge is 2.16. The molecule has 0 saturated heterocycles. The molecule has 142 valence electrons. The molecule has 0 aliphatic rings. The van der Waals surface area contributed by atoms with Crippen molar-refractivity contribution in [1.29, 1.82) is 5.26 Å². The molecular formula is C23H16Cl2N4. The normalized spacial score (nSPS) is 10.7. The fourth-order valence-electron chi connectivity index (χ4n) is 3.13. The van der Waals surface area contributed by atoms with Crippen molar-refractivity contribution in [3.05, 3.63) is 93.9 Å². The van der Waals surface area contributed by atoms with Gasteiger partial charge in [0.15, 0.2) is 0 Å². The summed E-state index contributed by atoms with van der Waals surface area (Å²) in [6, 6.07) is 20.9. The molecule has 4 rings (SSSR count). The molecule has 4 aromatic rings. The van der Waals surface area contributed by atoms with Crippen molar-refractivity contribution in [3.8, 4) is 28.7 Å². The van der Waals surface area contributed by atoms with E-state index in [-0.39, 0.29) is 0 Å². The van der Waals surface area contributed by atoms with E-state index in [0.29, 0.717) is 22.7 Å². The third-order valence-corrected chi connectivity index (χ3v) is 5.23. The Bertz CT molecular complexity index is 1190. The van der Waals surface area contributed by atoms with Gasteiger partial charge in [-0.1, -0.05) is 53.5 Å². The molecule has 1 N–H and O–H groups in total. The molecule has 2 aromatic carbocycles. The van der Waals surface area contributed by atoms with Crippen LogP contribution < -0.4 is 0 Å². The summed E-state index contributed by atoms with van der Waals surface area (Å²) in [5.74, 6) is 0.828. The second kappa shape index (κ2) is 8.48. The summed E-state index contributed by atoms with van der Waals surface area (Å²) < 4.78 is 0. The number of aryl methyl sites for hydroxylation is 2. The van der Waals surface area contributed by atoms with Crippen LogP contribution in [0.5, 0.6) is 0 Å². The zero-order chi connectivity index (χ0) is 20.2. The van der Waals surface area contributed by atoms with E-state index < -0.39 is 0 Å². The summed E-state index contributed by atoms with van der Waals surface area (Å²) in [5.41, 5.74) is 4.77. The standard InChI is InChI=1S/C23H16Cl2N4/c24-18-8-5-17(6-9-18)22-23(20-13-15(14-26)11-12-27-20)29-21(28-22)10-7-16-3-1-2-4-19(16)25/h1-6,8-9,11-13H,7,10H2,(H,28,29). The Kier molecular flexibility index (Phi) is 5.62. The fraction of sp³-hybridized carbons (Fsp3) is 0.0870. The van der Waals surface area contributed by atoms with Crippen molar-refractivity contribution in [2.75, 3.05) is 0 Å². The van der Waals surface area contributed by atoms with Gasteiger partial charge in [-0.2, -0.15) is 5.26 Å². The van der Waals surface area contributed by atoms with Gasteiger partial charge in [0, 0.05) is 28.2 Å². The lowest BCUT2D eigenvalue weighted by atomic mass is 10.1. The number of pyridine rings is 1. The number of halogens is 2. The van der Waals surface area contributed by atoms with Gasteiger partial charge in [-0.05, 0) is 42.3 Å². The Morgan fingerprint density at radius 3 is 2.52 bits per heavy atom. The van der Waals surface area contributed by atoms with E-state index in [4.69, 9.17) is 28.2 Å². The van der Waals surface area contributed by atoms with E-state index in [9.17, 15) is 5.26 Å². The molecule has 0 bridgehead atoms. The average molecular weight is 419 g/mol. The molecule has 6 heteroatoms. The average Bonchev–Trinajstić information content (AvgIpc) is 3.18. The Morgan fingerprint density at radius 2 is 1.76 bits per heavy atom. The molecular weight excluding hydrogens is 403 g/mol. The molecule has 29 heavy (non-hydrogen) atoms. The maximum absolute atomic E-state index is 9.24. The minimum Gasteiger partial charge on any atom is -0.340 e. The first-order valence-electron chi connectivity index (χ1n) is 9.09. The monoisotopic (exact) mass is 418 g/mol. The van der Waals surface area contributed by atoms with Crippen molar-refractivity contribution < 1.29 is 0 Å². The fourth-order valence-corrected chi connectivity index (χ4v) is 3.49. The molecule has 0 aliphatic heterocycles. The summed E-state index contributed by atoms with van der Waals surface area (Å²) in [6.45, 7) is 0. The minimum atomic E-state index is 0.546. The Labute approximate surface area is 178 Å². The number of aromatic nitrogens is 3. The van der Waals surface area contributed by atoms with Crippen LogP contribution >= 0.6 is 23.2 Å². The largest absolute Gasteiger partial charge is 0.340 e. The Balaban J connectivity index is 1.73. The number of nitriles is 1. The maximum atomic E-state index is 9.24. The van der Waals surface area contributed by atoms with E-state index in [1.165, 1.54) is 0 Å². The molecule has 0 spiro atoms. The van der Waals surface area contributed by atoms with Crippen molar-refractivity contribution in [1.82, 2.24) is 15.0 Å². The zero-order valence-corrected chi connectivity index (χ0v) is 16.9. The van der Waals surface area contributed by atoms with Crippen LogP contribution in [0.15, 0.2) is 66.9 Å². The number of nitrogens with zero attached hydrogens (tertiary/aromatic N) is 3. The second-order valence-corrected chi connectivity index (χ2v) is 7.39. The highest BCUT2D eigenvalue weighted by Crippen LogP contribution is 2.30. The molecule has 0 atom stereocenters. The smallest absolute Gasteiger partial charge is 0.107 e. The molecule has 0 aliphatic carbocycles. The number of hydrogen-bond acceptors (Lipinski definition) is 3.